The molecule has 4 N–H and O–H groups in total. The smallest absolute Gasteiger partial charge is 0.407 e. The van der Waals surface area contributed by atoms with Crippen LogP contribution in [0.1, 0.15) is 92.7 Å². The van der Waals surface area contributed by atoms with Crippen LogP contribution in [0, 0.1) is 0 Å². The SMILES string of the molecule is CC(=O)N[C@@H]1[C@@H](O[Si](C)(C)C(C)(C)C)[C@H](O[Si](C)(C)C(C)(C)C)[C@@H](CO[Si](C)(C)C(C)(C)C)O[C@@H]1NC(=O)CC(NC(=O)OCC1c2ccccc2-c2ccccc21)C(=O)O. The molecular formula is C45H73N3O10Si3. The third-order valence-electron chi connectivity index (χ3n) is 13.6. The number of carboxylic acids is 1. The monoisotopic (exact) mass is 899 g/mol. The zero-order chi connectivity index (χ0) is 46.1. The van der Waals surface area contributed by atoms with E-state index in [0.717, 1.165) is 22.3 Å². The van der Waals surface area contributed by atoms with Crippen molar-refractivity contribution in [3.05, 3.63) is 59.7 Å². The number of hydrogen-bond acceptors (Lipinski definition) is 9. The fraction of sp³-hybridized carbons (Fsp3) is 0.644. The van der Waals surface area contributed by atoms with Crippen molar-refractivity contribution in [3.63, 3.8) is 0 Å². The fourth-order valence-electron chi connectivity index (χ4n) is 6.80. The first-order chi connectivity index (χ1) is 27.9. The molecule has 4 rings (SSSR count). The molecule has 6 atom stereocenters. The Bertz CT molecular complexity index is 1860. The Morgan fingerprint density at radius 1 is 0.705 bits per heavy atom. The molecule has 1 saturated heterocycles. The molecular weight excluding hydrogens is 827 g/mol. The van der Waals surface area contributed by atoms with Crippen molar-refractivity contribution in [3.8, 4) is 11.1 Å². The zero-order valence-electron chi connectivity index (χ0n) is 39.4. The van der Waals surface area contributed by atoms with E-state index in [1.807, 2.05) is 48.5 Å². The number of aliphatic carboxylic acids is 1. The first kappa shape index (κ1) is 50.3. The highest BCUT2D eigenvalue weighted by Gasteiger charge is 2.55. The van der Waals surface area contributed by atoms with Gasteiger partial charge in [0.25, 0.3) is 0 Å². The molecule has 2 aromatic rings. The maximum absolute atomic E-state index is 14.0. The summed E-state index contributed by atoms with van der Waals surface area (Å²) in [5.41, 5.74) is 4.12. The van der Waals surface area contributed by atoms with E-state index in [9.17, 15) is 24.3 Å². The van der Waals surface area contributed by atoms with Gasteiger partial charge in [-0.15, -0.1) is 0 Å². The minimum Gasteiger partial charge on any atom is -0.480 e. The van der Waals surface area contributed by atoms with Crippen LogP contribution in [-0.4, -0.2) is 104 Å². The summed E-state index contributed by atoms with van der Waals surface area (Å²) in [4.78, 5) is 52.8. The van der Waals surface area contributed by atoms with Crippen LogP contribution in [0.3, 0.4) is 0 Å². The summed E-state index contributed by atoms with van der Waals surface area (Å²) in [5.74, 6) is -2.77. The average molecular weight is 900 g/mol. The molecule has 0 bridgehead atoms. The molecule has 3 amide bonds. The number of benzene rings is 2. The van der Waals surface area contributed by atoms with Crippen molar-refractivity contribution in [1.29, 1.82) is 0 Å². The van der Waals surface area contributed by atoms with E-state index in [1.54, 1.807) is 0 Å². The van der Waals surface area contributed by atoms with Crippen LogP contribution < -0.4 is 16.0 Å². The lowest BCUT2D eigenvalue weighted by Crippen LogP contribution is -2.72. The first-order valence-electron chi connectivity index (χ1n) is 21.4. The van der Waals surface area contributed by atoms with Crippen LogP contribution in [0.2, 0.25) is 54.4 Å². The summed E-state index contributed by atoms with van der Waals surface area (Å²) < 4.78 is 33.6. The predicted molar refractivity (Wildman–Crippen MR) is 246 cm³/mol. The van der Waals surface area contributed by atoms with Gasteiger partial charge in [-0.25, -0.2) is 9.59 Å². The summed E-state index contributed by atoms with van der Waals surface area (Å²) in [6.45, 7) is 33.6. The molecule has 0 radical (unpaired) electrons. The van der Waals surface area contributed by atoms with E-state index < -0.39 is 86.0 Å². The van der Waals surface area contributed by atoms with E-state index >= 15 is 0 Å². The Kier molecular flexibility index (Phi) is 15.5. The molecule has 0 saturated carbocycles. The first-order valence-corrected chi connectivity index (χ1v) is 30.1. The lowest BCUT2D eigenvalue weighted by molar-refractivity contribution is -0.194. The average Bonchev–Trinajstić information content (AvgIpc) is 3.43. The molecule has 0 spiro atoms. The number of amides is 3. The van der Waals surface area contributed by atoms with Gasteiger partial charge in [0.1, 0.15) is 30.9 Å². The van der Waals surface area contributed by atoms with Crippen molar-refractivity contribution in [1.82, 2.24) is 16.0 Å². The second-order valence-electron chi connectivity index (χ2n) is 21.2. The van der Waals surface area contributed by atoms with Crippen LogP contribution in [0.5, 0.6) is 0 Å². The number of hydrogen-bond donors (Lipinski definition) is 4. The number of ether oxygens (including phenoxy) is 2. The van der Waals surface area contributed by atoms with Crippen LogP contribution in [-0.2, 0) is 37.1 Å². The second-order valence-corrected chi connectivity index (χ2v) is 35.5. The number of nitrogens with one attached hydrogen (secondary N) is 3. The maximum Gasteiger partial charge on any atom is 0.407 e. The van der Waals surface area contributed by atoms with Crippen LogP contribution >= 0.6 is 0 Å². The van der Waals surface area contributed by atoms with Gasteiger partial charge in [0.05, 0.1) is 19.1 Å². The van der Waals surface area contributed by atoms with Gasteiger partial charge in [-0.2, -0.15) is 0 Å². The Morgan fingerprint density at radius 3 is 1.64 bits per heavy atom. The van der Waals surface area contributed by atoms with Gasteiger partial charge in [-0.05, 0) is 76.7 Å². The molecule has 1 aliphatic carbocycles. The van der Waals surface area contributed by atoms with Gasteiger partial charge in [0, 0.05) is 12.8 Å². The van der Waals surface area contributed by atoms with Crippen molar-refractivity contribution >= 4 is 48.8 Å². The number of carbonyl (C=O) groups is 4. The lowest BCUT2D eigenvalue weighted by atomic mass is 9.95. The molecule has 1 fully saturated rings. The summed E-state index contributed by atoms with van der Waals surface area (Å²) in [6.07, 6.45) is -5.03. The molecule has 0 aromatic heterocycles. The summed E-state index contributed by atoms with van der Waals surface area (Å²) in [7, 11) is -7.49. The van der Waals surface area contributed by atoms with E-state index in [2.05, 4.69) is 118 Å². The normalized spacial score (nSPS) is 21.8. The largest absolute Gasteiger partial charge is 0.480 e. The minimum absolute atomic E-state index is 0.0290. The fourth-order valence-corrected chi connectivity index (χ4v) is 10.4. The van der Waals surface area contributed by atoms with E-state index in [-0.39, 0.29) is 40.2 Å². The third-order valence-corrected chi connectivity index (χ3v) is 27.0. The van der Waals surface area contributed by atoms with E-state index in [4.69, 9.17) is 22.8 Å². The van der Waals surface area contributed by atoms with Gasteiger partial charge in [0.15, 0.2) is 31.2 Å². The Hall–Kier alpha value is -3.39. The second kappa shape index (κ2) is 18.8. The number of fused-ring (bicyclic) bond motifs is 3. The molecule has 13 nitrogen and oxygen atoms in total. The van der Waals surface area contributed by atoms with Crippen LogP contribution in [0.4, 0.5) is 4.79 Å². The van der Waals surface area contributed by atoms with Crippen LogP contribution in [0.15, 0.2) is 48.5 Å². The highest BCUT2D eigenvalue weighted by atomic mass is 28.4. The topological polar surface area (TPSA) is 171 Å². The van der Waals surface area contributed by atoms with Crippen molar-refractivity contribution in [2.24, 2.45) is 0 Å². The summed E-state index contributed by atoms with van der Waals surface area (Å²) in [5, 5.41) is 17.9. The van der Waals surface area contributed by atoms with Gasteiger partial charge in [-0.3, -0.25) is 9.59 Å². The number of carboxylic acid groups (broad SMARTS) is 1. The Labute approximate surface area is 367 Å². The molecule has 61 heavy (non-hydrogen) atoms. The standard InChI is InChI=1S/C45H73N3O10Si3/c1-28(49)46-37-39(58-61(15,16)45(8,9)10)38(57-60(13,14)44(5,6)7)35(27-55-59(11,12)43(2,3)4)56-40(37)48-36(50)25-34(41(51)52)47-42(53)54-26-33-31-23-19-17-21-29(31)30-22-18-20-24-32(30)33/h17-24,33-35,37-40H,25-27H2,1-16H3,(H,46,49)(H,47,53)(H,48,50)(H,51,52)/t34?,35-,37-,38-,39-,40+/m1/s1. The van der Waals surface area contributed by atoms with E-state index in [1.165, 1.54) is 6.92 Å². The summed E-state index contributed by atoms with van der Waals surface area (Å²) >= 11 is 0. The van der Waals surface area contributed by atoms with Crippen LogP contribution in [0.25, 0.3) is 11.1 Å². The van der Waals surface area contributed by atoms with Crippen molar-refractivity contribution in [2.75, 3.05) is 13.2 Å². The minimum atomic E-state index is -2.61. The Balaban J connectivity index is 1.63. The maximum atomic E-state index is 14.0. The van der Waals surface area contributed by atoms with Crippen molar-refractivity contribution in [2.45, 2.75) is 173 Å². The highest BCUT2D eigenvalue weighted by molar-refractivity contribution is 6.75. The van der Waals surface area contributed by atoms with E-state index in [0.29, 0.717) is 0 Å². The molecule has 2 aliphatic rings. The highest BCUT2D eigenvalue weighted by Crippen LogP contribution is 2.46. The molecule has 1 unspecified atom stereocenters. The van der Waals surface area contributed by atoms with Gasteiger partial charge in [-0.1, -0.05) is 111 Å². The molecule has 2 aromatic carbocycles. The van der Waals surface area contributed by atoms with Crippen molar-refractivity contribution < 1.29 is 47.0 Å². The number of carbonyl (C=O) groups excluding carboxylic acids is 3. The predicted octanol–water partition coefficient (Wildman–Crippen LogP) is 8.52. The number of alkyl carbamates (subject to hydrolysis) is 1. The molecule has 16 heteroatoms. The van der Waals surface area contributed by atoms with Gasteiger partial charge >= 0.3 is 12.1 Å². The Morgan fingerprint density at radius 2 is 1.18 bits per heavy atom. The molecule has 1 aliphatic heterocycles. The zero-order valence-corrected chi connectivity index (χ0v) is 42.4. The molecule has 340 valence electrons. The summed E-state index contributed by atoms with van der Waals surface area (Å²) in [6, 6.07) is 13.2. The lowest BCUT2D eigenvalue weighted by Gasteiger charge is -2.53. The quantitative estimate of drug-likeness (QED) is 0.127. The third kappa shape index (κ3) is 12.0. The van der Waals surface area contributed by atoms with Gasteiger partial charge < -0.3 is 43.8 Å². The number of rotatable bonds is 15. The molecule has 1 heterocycles. The van der Waals surface area contributed by atoms with Gasteiger partial charge in [0.2, 0.25) is 11.8 Å².